The summed E-state index contributed by atoms with van der Waals surface area (Å²) in [5, 5.41) is 4.47. The number of nitrogens with one attached hydrogen (secondary N) is 1. The number of rotatable bonds is 3. The number of benzene rings is 1. The maximum Gasteiger partial charge on any atom is 0.0410 e. The summed E-state index contributed by atoms with van der Waals surface area (Å²) in [6, 6.07) is 6.65. The van der Waals surface area contributed by atoms with Crippen molar-refractivity contribution in [1.82, 2.24) is 0 Å². The Hall–Kier alpha value is -0.690. The van der Waals surface area contributed by atoms with E-state index in [-0.39, 0.29) is 0 Å². The predicted octanol–water partition coefficient (Wildman–Crippen LogP) is 5.03. The molecule has 2 heteroatoms. The lowest BCUT2D eigenvalue weighted by Crippen LogP contribution is -2.27. The monoisotopic (exact) mass is 251 g/mol. The third-order valence-corrected chi connectivity index (χ3v) is 4.16. The quantitative estimate of drug-likeness (QED) is 0.795. The van der Waals surface area contributed by atoms with E-state index in [1.165, 1.54) is 43.4 Å². The standard InChI is InChI=1S/C15H22ClN/c1-11-10-14(16)8-9-15(11)17-12(2)13-6-4-3-5-7-13/h8-10,12-13,17H,3-7H2,1-2H3. The molecule has 2 rings (SSSR count). The lowest BCUT2D eigenvalue weighted by Gasteiger charge is -2.29. The number of anilines is 1. The van der Waals surface area contributed by atoms with Crippen LogP contribution in [0, 0.1) is 12.8 Å². The van der Waals surface area contributed by atoms with Gasteiger partial charge in [0.1, 0.15) is 0 Å². The Morgan fingerprint density at radius 1 is 1.24 bits per heavy atom. The van der Waals surface area contributed by atoms with Gasteiger partial charge in [-0.25, -0.2) is 0 Å². The molecule has 1 N–H and O–H groups in total. The molecule has 0 spiro atoms. The van der Waals surface area contributed by atoms with Gasteiger partial charge in [-0.2, -0.15) is 0 Å². The summed E-state index contributed by atoms with van der Waals surface area (Å²) >= 11 is 5.97. The minimum Gasteiger partial charge on any atom is -0.382 e. The molecule has 1 unspecified atom stereocenters. The zero-order chi connectivity index (χ0) is 12.3. The van der Waals surface area contributed by atoms with E-state index in [0.29, 0.717) is 6.04 Å². The van der Waals surface area contributed by atoms with Crippen LogP contribution in [-0.2, 0) is 0 Å². The van der Waals surface area contributed by atoms with Crippen LogP contribution < -0.4 is 5.32 Å². The fraction of sp³-hybridized carbons (Fsp3) is 0.600. The molecule has 0 amide bonds. The summed E-state index contributed by atoms with van der Waals surface area (Å²) in [7, 11) is 0. The first-order valence-corrected chi connectivity index (χ1v) is 7.07. The molecule has 1 aromatic carbocycles. The van der Waals surface area contributed by atoms with Gasteiger partial charge in [0.05, 0.1) is 0 Å². The molecule has 1 aromatic rings. The highest BCUT2D eigenvalue weighted by atomic mass is 35.5. The van der Waals surface area contributed by atoms with Gasteiger partial charge in [0.25, 0.3) is 0 Å². The molecular formula is C15H22ClN. The summed E-state index contributed by atoms with van der Waals surface area (Å²) in [4.78, 5) is 0. The van der Waals surface area contributed by atoms with Crippen LogP contribution in [0.1, 0.15) is 44.6 Å². The van der Waals surface area contributed by atoms with Crippen molar-refractivity contribution in [1.29, 1.82) is 0 Å². The molecule has 17 heavy (non-hydrogen) atoms. The Labute approximate surface area is 110 Å². The van der Waals surface area contributed by atoms with Crippen molar-refractivity contribution in [2.45, 2.75) is 52.0 Å². The second-order valence-corrected chi connectivity index (χ2v) is 5.73. The van der Waals surface area contributed by atoms with Gasteiger partial charge in [-0.05, 0) is 56.4 Å². The van der Waals surface area contributed by atoms with E-state index in [9.17, 15) is 0 Å². The molecule has 1 aliphatic rings. The van der Waals surface area contributed by atoms with Gasteiger partial charge >= 0.3 is 0 Å². The molecule has 0 heterocycles. The lowest BCUT2D eigenvalue weighted by molar-refractivity contribution is 0.328. The zero-order valence-corrected chi connectivity index (χ0v) is 11.6. The Kier molecular flexibility index (Phi) is 4.33. The van der Waals surface area contributed by atoms with Gasteiger partial charge in [-0.15, -0.1) is 0 Å². The molecule has 1 aliphatic carbocycles. The summed E-state index contributed by atoms with van der Waals surface area (Å²) in [6.45, 7) is 4.42. The van der Waals surface area contributed by atoms with E-state index in [1.807, 2.05) is 12.1 Å². The van der Waals surface area contributed by atoms with Crippen LogP contribution >= 0.6 is 11.6 Å². The van der Waals surface area contributed by atoms with Crippen LogP contribution in [0.15, 0.2) is 18.2 Å². The van der Waals surface area contributed by atoms with Gasteiger partial charge < -0.3 is 5.32 Å². The fourth-order valence-electron chi connectivity index (χ4n) is 2.79. The molecule has 1 saturated carbocycles. The molecule has 1 fully saturated rings. The Morgan fingerprint density at radius 2 is 1.94 bits per heavy atom. The highest BCUT2D eigenvalue weighted by Crippen LogP contribution is 2.29. The molecule has 0 saturated heterocycles. The second kappa shape index (κ2) is 5.77. The summed E-state index contributed by atoms with van der Waals surface area (Å²) in [5.74, 6) is 0.832. The molecule has 0 aliphatic heterocycles. The largest absolute Gasteiger partial charge is 0.382 e. The highest BCUT2D eigenvalue weighted by Gasteiger charge is 2.20. The Morgan fingerprint density at radius 3 is 2.59 bits per heavy atom. The first kappa shape index (κ1) is 12.8. The normalized spacial score (nSPS) is 19.0. The highest BCUT2D eigenvalue weighted by molar-refractivity contribution is 6.30. The minimum atomic E-state index is 0.565. The number of halogens is 1. The van der Waals surface area contributed by atoms with Crippen molar-refractivity contribution in [3.8, 4) is 0 Å². The van der Waals surface area contributed by atoms with Crippen molar-refractivity contribution in [2.75, 3.05) is 5.32 Å². The molecule has 0 bridgehead atoms. The maximum atomic E-state index is 5.97. The summed E-state index contributed by atoms with van der Waals surface area (Å²) < 4.78 is 0. The fourth-order valence-corrected chi connectivity index (χ4v) is 3.01. The smallest absolute Gasteiger partial charge is 0.0410 e. The number of aryl methyl sites for hydroxylation is 1. The van der Waals surface area contributed by atoms with E-state index < -0.39 is 0 Å². The van der Waals surface area contributed by atoms with Crippen LogP contribution in [0.25, 0.3) is 0 Å². The Balaban J connectivity index is 1.99. The lowest BCUT2D eigenvalue weighted by atomic mass is 9.84. The van der Waals surface area contributed by atoms with Crippen LogP contribution in [0.4, 0.5) is 5.69 Å². The average Bonchev–Trinajstić information content (AvgIpc) is 2.34. The van der Waals surface area contributed by atoms with Crippen molar-refractivity contribution in [3.05, 3.63) is 28.8 Å². The third-order valence-electron chi connectivity index (χ3n) is 3.93. The molecule has 94 valence electrons. The van der Waals surface area contributed by atoms with Crippen molar-refractivity contribution < 1.29 is 0 Å². The van der Waals surface area contributed by atoms with Gasteiger partial charge in [0, 0.05) is 16.8 Å². The summed E-state index contributed by atoms with van der Waals surface area (Å²) in [5.41, 5.74) is 2.47. The van der Waals surface area contributed by atoms with Crippen LogP contribution in [0.5, 0.6) is 0 Å². The number of hydrogen-bond donors (Lipinski definition) is 1. The van der Waals surface area contributed by atoms with E-state index in [2.05, 4.69) is 25.2 Å². The molecule has 0 radical (unpaired) electrons. The average molecular weight is 252 g/mol. The van der Waals surface area contributed by atoms with Crippen LogP contribution in [0.2, 0.25) is 5.02 Å². The van der Waals surface area contributed by atoms with Gasteiger partial charge in [-0.3, -0.25) is 0 Å². The van der Waals surface area contributed by atoms with Gasteiger partial charge in [0.15, 0.2) is 0 Å². The molecule has 0 aromatic heterocycles. The SMILES string of the molecule is Cc1cc(Cl)ccc1NC(C)C1CCCCC1. The van der Waals surface area contributed by atoms with E-state index in [4.69, 9.17) is 11.6 Å². The zero-order valence-electron chi connectivity index (χ0n) is 10.8. The number of hydrogen-bond acceptors (Lipinski definition) is 1. The Bertz CT molecular complexity index is 369. The van der Waals surface area contributed by atoms with E-state index >= 15 is 0 Å². The van der Waals surface area contributed by atoms with Gasteiger partial charge in [-0.1, -0.05) is 30.9 Å². The first-order chi connectivity index (χ1) is 8.16. The van der Waals surface area contributed by atoms with Gasteiger partial charge in [0.2, 0.25) is 0 Å². The second-order valence-electron chi connectivity index (χ2n) is 5.29. The van der Waals surface area contributed by atoms with Crippen molar-refractivity contribution in [2.24, 2.45) is 5.92 Å². The van der Waals surface area contributed by atoms with E-state index in [1.54, 1.807) is 0 Å². The maximum absolute atomic E-state index is 5.97. The van der Waals surface area contributed by atoms with Crippen molar-refractivity contribution >= 4 is 17.3 Å². The minimum absolute atomic E-state index is 0.565. The van der Waals surface area contributed by atoms with Crippen LogP contribution in [-0.4, -0.2) is 6.04 Å². The van der Waals surface area contributed by atoms with Crippen LogP contribution in [0.3, 0.4) is 0 Å². The van der Waals surface area contributed by atoms with E-state index in [0.717, 1.165) is 10.9 Å². The molecular weight excluding hydrogens is 230 g/mol. The third kappa shape index (κ3) is 3.38. The summed E-state index contributed by atoms with van der Waals surface area (Å²) in [6.07, 6.45) is 6.97. The molecule has 1 nitrogen and oxygen atoms in total. The van der Waals surface area contributed by atoms with Crippen molar-refractivity contribution in [3.63, 3.8) is 0 Å². The molecule has 1 atom stereocenters. The predicted molar refractivity (Wildman–Crippen MR) is 75.8 cm³/mol. The first-order valence-electron chi connectivity index (χ1n) is 6.69. The topological polar surface area (TPSA) is 12.0 Å².